The third-order valence-corrected chi connectivity index (χ3v) is 9.23. The molecule has 3 fully saturated rings. The van der Waals surface area contributed by atoms with Crippen LogP contribution in [0.3, 0.4) is 0 Å². The van der Waals surface area contributed by atoms with E-state index in [1.807, 2.05) is 20.0 Å². The van der Waals surface area contributed by atoms with Crippen LogP contribution in [-0.4, -0.2) is 83.6 Å². The zero-order valence-corrected chi connectivity index (χ0v) is 21.4. The summed E-state index contributed by atoms with van der Waals surface area (Å²) in [6, 6.07) is 3.89. The maximum absolute atomic E-state index is 12.8. The summed E-state index contributed by atoms with van der Waals surface area (Å²) in [7, 11) is -1.23. The molecular weight excluding hydrogens is 470 g/mol. The number of anilines is 3. The number of aryl methyl sites for hydroxylation is 1. The van der Waals surface area contributed by atoms with E-state index in [0.29, 0.717) is 49.2 Å². The lowest BCUT2D eigenvalue weighted by molar-refractivity contribution is -0.0514. The SMILES string of the molecule is CCS(=O)(=O)N1[C@@H]2CCC[C@H]1C[C@@H](N(C)c1nc(Nc3cc(C)[nH]n3)cc(OCC3COC3)n1)C2. The maximum Gasteiger partial charge on any atom is 0.230 e. The molecule has 11 nitrogen and oxygen atoms in total. The van der Waals surface area contributed by atoms with Gasteiger partial charge >= 0.3 is 0 Å². The number of hydrogen-bond donors (Lipinski definition) is 2. The minimum Gasteiger partial charge on any atom is -0.477 e. The molecule has 0 radical (unpaired) electrons. The van der Waals surface area contributed by atoms with Gasteiger partial charge in [-0.3, -0.25) is 5.10 Å². The second-order valence-corrected chi connectivity index (χ2v) is 12.0. The quantitative estimate of drug-likeness (QED) is 0.528. The number of aromatic nitrogens is 4. The smallest absolute Gasteiger partial charge is 0.230 e. The highest BCUT2D eigenvalue weighted by Gasteiger charge is 2.45. The Morgan fingerprint density at radius 3 is 2.54 bits per heavy atom. The van der Waals surface area contributed by atoms with E-state index in [-0.39, 0.29) is 23.9 Å². The molecule has 0 aromatic carbocycles. The first-order valence-corrected chi connectivity index (χ1v) is 14.1. The van der Waals surface area contributed by atoms with E-state index in [9.17, 15) is 8.42 Å². The molecule has 3 aliphatic heterocycles. The van der Waals surface area contributed by atoms with Crippen molar-refractivity contribution in [3.8, 4) is 5.88 Å². The predicted molar refractivity (Wildman–Crippen MR) is 133 cm³/mol. The fraction of sp³-hybridized carbons (Fsp3) is 0.696. The molecule has 0 aliphatic carbocycles. The standard InChI is InChI=1S/C23H35N7O4S/c1-4-35(31,32)30-17-6-5-7-18(30)10-19(9-17)29(3)23-25-20(24-21-8-15(2)27-28-21)11-22(26-23)34-14-16-12-33-13-16/h8,11,16-19H,4-7,9-10,12-14H2,1-3H3,(H2,24,25,26,27,28)/t17-,18+,19+. The zero-order chi connectivity index (χ0) is 24.6. The van der Waals surface area contributed by atoms with Gasteiger partial charge in [-0.15, -0.1) is 0 Å². The molecule has 2 bridgehead atoms. The van der Waals surface area contributed by atoms with Gasteiger partial charge in [0.05, 0.1) is 25.6 Å². The Morgan fingerprint density at radius 1 is 1.20 bits per heavy atom. The third kappa shape index (κ3) is 5.24. The first kappa shape index (κ1) is 24.3. The maximum atomic E-state index is 12.8. The van der Waals surface area contributed by atoms with E-state index >= 15 is 0 Å². The van der Waals surface area contributed by atoms with Crippen molar-refractivity contribution in [2.24, 2.45) is 5.92 Å². The molecule has 35 heavy (non-hydrogen) atoms. The average Bonchev–Trinajstić information content (AvgIpc) is 3.20. The van der Waals surface area contributed by atoms with E-state index in [2.05, 4.69) is 20.4 Å². The number of H-pyrrole nitrogens is 1. The van der Waals surface area contributed by atoms with Gasteiger partial charge in [0.15, 0.2) is 5.82 Å². The summed E-state index contributed by atoms with van der Waals surface area (Å²) in [6.45, 7) is 5.62. The van der Waals surface area contributed by atoms with E-state index in [0.717, 1.165) is 37.8 Å². The number of fused-ring (bicyclic) bond motifs is 2. The fourth-order valence-corrected chi connectivity index (χ4v) is 6.89. The van der Waals surface area contributed by atoms with Crippen molar-refractivity contribution >= 4 is 27.6 Å². The summed E-state index contributed by atoms with van der Waals surface area (Å²) in [5.74, 6) is 2.84. The van der Waals surface area contributed by atoms with Gasteiger partial charge in [0.25, 0.3) is 0 Å². The minimum atomic E-state index is -3.22. The molecule has 3 saturated heterocycles. The highest BCUT2D eigenvalue weighted by Crippen LogP contribution is 2.38. The largest absolute Gasteiger partial charge is 0.477 e. The lowest BCUT2D eigenvalue weighted by Gasteiger charge is -2.49. The van der Waals surface area contributed by atoms with Gasteiger partial charge in [-0.25, -0.2) is 8.42 Å². The normalized spacial score (nSPS) is 25.2. The van der Waals surface area contributed by atoms with Crippen molar-refractivity contribution in [2.75, 3.05) is 42.8 Å². The second-order valence-electron chi connectivity index (χ2n) is 9.87. The van der Waals surface area contributed by atoms with Gasteiger partial charge in [0, 0.05) is 48.9 Å². The molecule has 12 heteroatoms. The Bertz CT molecular complexity index is 1120. The summed E-state index contributed by atoms with van der Waals surface area (Å²) in [4.78, 5) is 11.6. The highest BCUT2D eigenvalue weighted by molar-refractivity contribution is 7.89. The third-order valence-electron chi connectivity index (χ3n) is 7.26. The van der Waals surface area contributed by atoms with Crippen molar-refractivity contribution in [1.82, 2.24) is 24.5 Å². The second kappa shape index (κ2) is 9.90. The Hall–Kier alpha value is -2.44. The van der Waals surface area contributed by atoms with E-state index in [4.69, 9.17) is 19.4 Å². The number of sulfonamides is 1. The Kier molecular flexibility index (Phi) is 6.86. The monoisotopic (exact) mass is 505 g/mol. The van der Waals surface area contributed by atoms with Crippen LogP contribution in [0.15, 0.2) is 12.1 Å². The number of aromatic amines is 1. The van der Waals surface area contributed by atoms with Gasteiger partial charge in [-0.1, -0.05) is 6.42 Å². The Labute approximate surface area is 206 Å². The summed E-state index contributed by atoms with van der Waals surface area (Å²) < 4.78 is 38.6. The lowest BCUT2D eigenvalue weighted by Crippen LogP contribution is -2.58. The summed E-state index contributed by atoms with van der Waals surface area (Å²) in [5.41, 5.74) is 0.945. The van der Waals surface area contributed by atoms with Crippen LogP contribution in [0.4, 0.5) is 17.6 Å². The summed E-state index contributed by atoms with van der Waals surface area (Å²) in [5, 5.41) is 10.4. The van der Waals surface area contributed by atoms with Crippen molar-refractivity contribution < 1.29 is 17.9 Å². The highest BCUT2D eigenvalue weighted by atomic mass is 32.2. The van der Waals surface area contributed by atoms with Crippen molar-refractivity contribution in [1.29, 1.82) is 0 Å². The number of rotatable bonds is 9. The van der Waals surface area contributed by atoms with Crippen LogP contribution in [0, 0.1) is 12.8 Å². The zero-order valence-electron chi connectivity index (χ0n) is 20.6. The van der Waals surface area contributed by atoms with E-state index in [1.165, 1.54) is 0 Å². The molecule has 3 atom stereocenters. The van der Waals surface area contributed by atoms with Crippen LogP contribution < -0.4 is 15.0 Å². The molecular formula is C23H35N7O4S. The van der Waals surface area contributed by atoms with Crippen molar-refractivity contribution in [3.05, 3.63) is 17.8 Å². The molecule has 0 saturated carbocycles. The molecule has 5 heterocycles. The summed E-state index contributed by atoms with van der Waals surface area (Å²) >= 11 is 0. The molecule has 0 spiro atoms. The van der Waals surface area contributed by atoms with Crippen LogP contribution in [0.1, 0.15) is 44.7 Å². The topological polar surface area (TPSA) is 126 Å². The minimum absolute atomic E-state index is 0.0302. The van der Waals surface area contributed by atoms with Gasteiger partial charge in [0.2, 0.25) is 21.9 Å². The predicted octanol–water partition coefficient (Wildman–Crippen LogP) is 2.45. The molecule has 192 valence electrons. The number of piperidine rings is 2. The Morgan fingerprint density at radius 2 is 1.94 bits per heavy atom. The first-order chi connectivity index (χ1) is 16.8. The van der Waals surface area contributed by atoms with Gasteiger partial charge in [-0.05, 0) is 39.5 Å². The van der Waals surface area contributed by atoms with Crippen molar-refractivity contribution in [2.45, 2.75) is 64.1 Å². The molecule has 2 aromatic heterocycles. The number of hydrogen-bond acceptors (Lipinski definition) is 9. The van der Waals surface area contributed by atoms with Gasteiger partial charge in [-0.2, -0.15) is 19.4 Å². The molecule has 2 aromatic rings. The van der Waals surface area contributed by atoms with Crippen LogP contribution in [-0.2, 0) is 14.8 Å². The van der Waals surface area contributed by atoms with Gasteiger partial charge < -0.3 is 19.7 Å². The molecule has 2 N–H and O–H groups in total. The van der Waals surface area contributed by atoms with Crippen LogP contribution >= 0.6 is 0 Å². The first-order valence-electron chi connectivity index (χ1n) is 12.4. The molecule has 3 aliphatic rings. The molecule has 0 unspecified atom stereocenters. The molecule has 0 amide bonds. The average molecular weight is 506 g/mol. The summed E-state index contributed by atoms with van der Waals surface area (Å²) in [6.07, 6.45) is 4.41. The van der Waals surface area contributed by atoms with Gasteiger partial charge in [0.1, 0.15) is 5.82 Å². The number of ether oxygens (including phenoxy) is 2. The van der Waals surface area contributed by atoms with Crippen LogP contribution in [0.25, 0.3) is 0 Å². The lowest BCUT2D eigenvalue weighted by atomic mass is 9.83. The fourth-order valence-electron chi connectivity index (χ4n) is 5.30. The van der Waals surface area contributed by atoms with Crippen molar-refractivity contribution in [3.63, 3.8) is 0 Å². The number of nitrogens with one attached hydrogen (secondary N) is 2. The molecule has 5 rings (SSSR count). The van der Waals surface area contributed by atoms with Crippen LogP contribution in [0.5, 0.6) is 5.88 Å². The van der Waals surface area contributed by atoms with Crippen LogP contribution in [0.2, 0.25) is 0 Å². The Balaban J connectivity index is 1.37. The number of nitrogens with zero attached hydrogens (tertiary/aromatic N) is 5. The van der Waals surface area contributed by atoms with E-state index < -0.39 is 10.0 Å². The van der Waals surface area contributed by atoms with E-state index in [1.54, 1.807) is 17.3 Å².